The molecule has 1 fully saturated rings. The van der Waals surface area contributed by atoms with Crippen LogP contribution >= 0.6 is 11.3 Å². The maximum absolute atomic E-state index is 12.3. The van der Waals surface area contributed by atoms with Crippen molar-refractivity contribution < 1.29 is 9.90 Å². The number of carbonyl (C=O) groups excluding carboxylic acids is 1. The molecular weight excluding hydrogens is 368 g/mol. The van der Waals surface area contributed by atoms with Crippen LogP contribution in [0.5, 0.6) is 0 Å². The fourth-order valence-electron chi connectivity index (χ4n) is 3.95. The first-order chi connectivity index (χ1) is 13.7. The number of nitrogens with zero attached hydrogens (tertiary/aromatic N) is 2. The maximum Gasteiger partial charge on any atom is 0.195 e. The summed E-state index contributed by atoms with van der Waals surface area (Å²) in [6.07, 6.45) is 8.92. The van der Waals surface area contributed by atoms with E-state index in [0.717, 1.165) is 34.4 Å². The molecule has 2 aromatic heterocycles. The molecule has 1 aliphatic rings. The predicted molar refractivity (Wildman–Crippen MR) is 116 cm³/mol. The molecule has 1 aromatic carbocycles. The lowest BCUT2D eigenvalue weighted by molar-refractivity contribution is 0.0892. The minimum atomic E-state index is -0.404. The van der Waals surface area contributed by atoms with Crippen molar-refractivity contribution in [3.63, 3.8) is 0 Å². The average molecular weight is 395 g/mol. The molecular formula is C23H26N2O2S. The third kappa shape index (κ3) is 4.43. The molecule has 0 bridgehead atoms. The predicted octanol–water partition coefficient (Wildman–Crippen LogP) is 4.45. The van der Waals surface area contributed by atoms with Gasteiger partial charge < -0.3 is 14.6 Å². The molecule has 1 aliphatic heterocycles. The molecule has 4 rings (SSSR count). The van der Waals surface area contributed by atoms with Gasteiger partial charge in [-0.3, -0.25) is 4.79 Å². The summed E-state index contributed by atoms with van der Waals surface area (Å²) < 4.78 is 2.11. The zero-order chi connectivity index (χ0) is 19.3. The standard InChI is InChI=1S/C23H26N2O2S/c26-19(16-24-12-4-1-5-13-24)17-25-15-18(20-7-2-3-8-21(20)25)10-11-22(27)23-9-6-14-28-23/h2-3,6-11,14-15,19,26H,1,4-5,12-13,16-17H2/b11-10-/t19-/m1/s1. The Morgan fingerprint density at radius 2 is 1.93 bits per heavy atom. The summed E-state index contributed by atoms with van der Waals surface area (Å²) in [6, 6.07) is 11.9. The van der Waals surface area contributed by atoms with Crippen LogP contribution in [0.3, 0.4) is 0 Å². The van der Waals surface area contributed by atoms with E-state index in [1.807, 2.05) is 41.9 Å². The summed E-state index contributed by atoms with van der Waals surface area (Å²) in [5.74, 6) is 0.0250. The summed E-state index contributed by atoms with van der Waals surface area (Å²) in [7, 11) is 0. The number of ketones is 1. The van der Waals surface area contributed by atoms with Crippen LogP contribution < -0.4 is 0 Å². The first-order valence-corrected chi connectivity index (χ1v) is 10.8. The molecule has 0 radical (unpaired) electrons. The van der Waals surface area contributed by atoms with Gasteiger partial charge in [0.15, 0.2) is 5.78 Å². The van der Waals surface area contributed by atoms with Crippen molar-refractivity contribution in [3.8, 4) is 0 Å². The Bertz CT molecular complexity index is 952. The number of aliphatic hydroxyl groups excluding tert-OH is 1. The summed E-state index contributed by atoms with van der Waals surface area (Å²) >= 11 is 1.46. The number of aromatic nitrogens is 1. The molecule has 0 aliphatic carbocycles. The first kappa shape index (κ1) is 19.1. The number of likely N-dealkylation sites (tertiary alicyclic amines) is 1. The lowest BCUT2D eigenvalue weighted by Gasteiger charge is -2.28. The highest BCUT2D eigenvalue weighted by atomic mass is 32.1. The van der Waals surface area contributed by atoms with Gasteiger partial charge in [0.1, 0.15) is 0 Å². The van der Waals surface area contributed by atoms with Crippen LogP contribution in [-0.4, -0.2) is 46.1 Å². The smallest absolute Gasteiger partial charge is 0.195 e. The second-order valence-corrected chi connectivity index (χ2v) is 8.39. The van der Waals surface area contributed by atoms with Gasteiger partial charge in [-0.2, -0.15) is 0 Å². The van der Waals surface area contributed by atoms with Gasteiger partial charge in [0.2, 0.25) is 0 Å². The first-order valence-electron chi connectivity index (χ1n) is 9.95. The molecule has 28 heavy (non-hydrogen) atoms. The molecule has 1 N–H and O–H groups in total. The molecule has 0 spiro atoms. The molecule has 1 saturated heterocycles. The molecule has 146 valence electrons. The number of β-amino-alcohol motifs (C(OH)–C–C–N with tert-alkyl or cyclic N) is 1. The highest BCUT2D eigenvalue weighted by Gasteiger charge is 2.16. The van der Waals surface area contributed by atoms with Gasteiger partial charge >= 0.3 is 0 Å². The van der Waals surface area contributed by atoms with Crippen molar-refractivity contribution in [2.75, 3.05) is 19.6 Å². The zero-order valence-electron chi connectivity index (χ0n) is 16.0. The lowest BCUT2D eigenvalue weighted by Crippen LogP contribution is -2.37. The number of rotatable bonds is 7. The number of hydrogen-bond acceptors (Lipinski definition) is 4. The number of allylic oxidation sites excluding steroid dienone is 1. The van der Waals surface area contributed by atoms with E-state index in [0.29, 0.717) is 13.1 Å². The minimum Gasteiger partial charge on any atom is -0.390 e. The van der Waals surface area contributed by atoms with E-state index in [1.54, 1.807) is 6.08 Å². The molecule has 3 aromatic rings. The van der Waals surface area contributed by atoms with E-state index in [2.05, 4.69) is 21.6 Å². The third-order valence-corrected chi connectivity index (χ3v) is 6.21. The fraction of sp³-hybridized carbons (Fsp3) is 0.348. The van der Waals surface area contributed by atoms with E-state index >= 15 is 0 Å². The number of thiophene rings is 1. The highest BCUT2D eigenvalue weighted by molar-refractivity contribution is 7.12. The van der Waals surface area contributed by atoms with Crippen molar-refractivity contribution in [2.45, 2.75) is 31.9 Å². The average Bonchev–Trinajstić information content (AvgIpc) is 3.36. The van der Waals surface area contributed by atoms with Crippen LogP contribution in [0.25, 0.3) is 17.0 Å². The normalized spacial score (nSPS) is 16.8. The second kappa shape index (κ2) is 8.86. The molecule has 5 heteroatoms. The van der Waals surface area contributed by atoms with Crippen LogP contribution in [0.2, 0.25) is 0 Å². The summed E-state index contributed by atoms with van der Waals surface area (Å²) in [5.41, 5.74) is 2.09. The minimum absolute atomic E-state index is 0.0250. The van der Waals surface area contributed by atoms with Gasteiger partial charge in [0, 0.05) is 35.8 Å². The van der Waals surface area contributed by atoms with Crippen LogP contribution in [-0.2, 0) is 6.54 Å². The number of para-hydroxylation sites is 1. The van der Waals surface area contributed by atoms with E-state index in [4.69, 9.17) is 0 Å². The Morgan fingerprint density at radius 3 is 2.71 bits per heavy atom. The molecule has 1 atom stereocenters. The number of fused-ring (bicyclic) bond motifs is 1. The monoisotopic (exact) mass is 394 g/mol. The van der Waals surface area contributed by atoms with Crippen molar-refractivity contribution >= 4 is 34.1 Å². The molecule has 0 amide bonds. The lowest BCUT2D eigenvalue weighted by atomic mass is 10.1. The Labute approximate surface area is 169 Å². The van der Waals surface area contributed by atoms with Crippen molar-refractivity contribution in [1.82, 2.24) is 9.47 Å². The van der Waals surface area contributed by atoms with E-state index in [-0.39, 0.29) is 5.78 Å². The number of piperidine rings is 1. The third-order valence-electron chi connectivity index (χ3n) is 5.32. The van der Waals surface area contributed by atoms with Crippen LogP contribution in [0.1, 0.15) is 34.5 Å². The fourth-order valence-corrected chi connectivity index (χ4v) is 4.60. The maximum atomic E-state index is 12.3. The Balaban J connectivity index is 1.51. The number of aliphatic hydroxyl groups is 1. The highest BCUT2D eigenvalue weighted by Crippen LogP contribution is 2.24. The largest absolute Gasteiger partial charge is 0.390 e. The molecule has 3 heterocycles. The van der Waals surface area contributed by atoms with Crippen molar-refractivity contribution in [3.05, 3.63) is 64.5 Å². The number of hydrogen-bond donors (Lipinski definition) is 1. The van der Waals surface area contributed by atoms with Gasteiger partial charge in [-0.05, 0) is 55.6 Å². The Kier molecular flexibility index (Phi) is 6.05. The molecule has 4 nitrogen and oxygen atoms in total. The zero-order valence-corrected chi connectivity index (χ0v) is 16.8. The van der Waals surface area contributed by atoms with Crippen LogP contribution in [0, 0.1) is 0 Å². The molecule has 0 saturated carbocycles. The summed E-state index contributed by atoms with van der Waals surface area (Å²) in [5, 5.41) is 13.6. The van der Waals surface area contributed by atoms with Crippen LogP contribution in [0.4, 0.5) is 0 Å². The van der Waals surface area contributed by atoms with Gasteiger partial charge in [-0.15, -0.1) is 11.3 Å². The van der Waals surface area contributed by atoms with Gasteiger partial charge in [-0.25, -0.2) is 0 Å². The quantitative estimate of drug-likeness (QED) is 0.476. The number of carbonyl (C=O) groups is 1. The van der Waals surface area contributed by atoms with E-state index in [9.17, 15) is 9.90 Å². The van der Waals surface area contributed by atoms with Crippen molar-refractivity contribution in [1.29, 1.82) is 0 Å². The van der Waals surface area contributed by atoms with Gasteiger partial charge in [0.05, 0.1) is 11.0 Å². The molecule has 0 unspecified atom stereocenters. The van der Waals surface area contributed by atoms with E-state index < -0.39 is 6.10 Å². The van der Waals surface area contributed by atoms with Crippen LogP contribution in [0.15, 0.2) is 54.1 Å². The summed E-state index contributed by atoms with van der Waals surface area (Å²) in [4.78, 5) is 15.4. The van der Waals surface area contributed by atoms with Gasteiger partial charge in [0.25, 0.3) is 0 Å². The van der Waals surface area contributed by atoms with Gasteiger partial charge in [-0.1, -0.05) is 30.7 Å². The SMILES string of the molecule is O=C(/C=C\c1cn(C[C@H](O)CN2CCCCC2)c2ccccc12)c1cccs1. The topological polar surface area (TPSA) is 45.5 Å². The van der Waals surface area contributed by atoms with Crippen molar-refractivity contribution in [2.24, 2.45) is 0 Å². The Morgan fingerprint density at radius 1 is 1.11 bits per heavy atom. The summed E-state index contributed by atoms with van der Waals surface area (Å²) in [6.45, 7) is 3.45. The second-order valence-electron chi connectivity index (χ2n) is 7.44. The Hall–Kier alpha value is -2.21. The number of benzene rings is 1. The van der Waals surface area contributed by atoms with E-state index in [1.165, 1.54) is 30.6 Å².